The molecule has 1 saturated heterocycles. The van der Waals surface area contributed by atoms with Crippen LogP contribution < -0.4 is 14.8 Å². The summed E-state index contributed by atoms with van der Waals surface area (Å²) in [5.41, 5.74) is 4.82. The van der Waals surface area contributed by atoms with Gasteiger partial charge in [0.05, 0.1) is 50.5 Å². The molecule has 8 heteroatoms. The van der Waals surface area contributed by atoms with E-state index in [2.05, 4.69) is 27.3 Å². The molecule has 2 aromatic heterocycles. The molecule has 3 heterocycles. The lowest BCUT2D eigenvalue weighted by molar-refractivity contribution is 0.0342. The second kappa shape index (κ2) is 9.48. The van der Waals surface area contributed by atoms with Gasteiger partial charge in [-0.15, -0.1) is 5.10 Å². The van der Waals surface area contributed by atoms with Crippen LogP contribution in [0.4, 0.5) is 11.6 Å². The summed E-state index contributed by atoms with van der Waals surface area (Å²) < 4.78 is 18.5. The predicted molar refractivity (Wildman–Crippen MR) is 127 cm³/mol. The summed E-state index contributed by atoms with van der Waals surface area (Å²) in [4.78, 5) is 6.90. The van der Waals surface area contributed by atoms with Crippen molar-refractivity contribution < 1.29 is 14.2 Å². The molecule has 5 rings (SSSR count). The maximum atomic E-state index is 5.58. The molecule has 33 heavy (non-hydrogen) atoms. The van der Waals surface area contributed by atoms with Gasteiger partial charge in [0, 0.05) is 25.2 Å². The average Bonchev–Trinajstić information content (AvgIpc) is 3.28. The van der Waals surface area contributed by atoms with E-state index in [0.717, 1.165) is 66.8 Å². The van der Waals surface area contributed by atoms with E-state index in [4.69, 9.17) is 19.3 Å². The Hall–Kier alpha value is -3.62. The quantitative estimate of drug-likeness (QED) is 0.461. The Bertz CT molecular complexity index is 1250. The molecular formula is C25H27N5O3. The third-order valence-corrected chi connectivity index (χ3v) is 5.80. The summed E-state index contributed by atoms with van der Waals surface area (Å²) in [5.74, 6) is 2.02. The van der Waals surface area contributed by atoms with E-state index in [9.17, 15) is 0 Å². The second-order valence-electron chi connectivity index (χ2n) is 7.89. The number of hydrogen-bond donors (Lipinski definition) is 1. The molecule has 0 radical (unpaired) electrons. The Labute approximate surface area is 192 Å². The Kier molecular flexibility index (Phi) is 6.10. The van der Waals surface area contributed by atoms with Crippen molar-refractivity contribution in [2.45, 2.75) is 6.54 Å². The summed E-state index contributed by atoms with van der Waals surface area (Å²) in [5, 5.41) is 8.11. The number of benzene rings is 2. The van der Waals surface area contributed by atoms with Crippen LogP contribution in [0.2, 0.25) is 0 Å². The van der Waals surface area contributed by atoms with Crippen molar-refractivity contribution in [1.29, 1.82) is 0 Å². The Morgan fingerprint density at radius 1 is 0.970 bits per heavy atom. The van der Waals surface area contributed by atoms with Gasteiger partial charge in [-0.3, -0.25) is 4.90 Å². The SMILES string of the molecule is COc1ccc(CN2CCOCC2)cc1Nc1ncc2ccc(-c3ccccc3OC)n2n1. The lowest BCUT2D eigenvalue weighted by atomic mass is 10.1. The minimum atomic E-state index is 0.483. The fraction of sp³-hybridized carbons (Fsp3) is 0.280. The molecule has 0 aliphatic carbocycles. The highest BCUT2D eigenvalue weighted by Gasteiger charge is 2.15. The van der Waals surface area contributed by atoms with Gasteiger partial charge < -0.3 is 19.5 Å². The number of methoxy groups -OCH3 is 2. The first kappa shape index (κ1) is 21.2. The lowest BCUT2D eigenvalue weighted by Crippen LogP contribution is -2.35. The van der Waals surface area contributed by atoms with Gasteiger partial charge in [-0.25, -0.2) is 9.50 Å². The first-order chi connectivity index (χ1) is 16.2. The van der Waals surface area contributed by atoms with Gasteiger partial charge in [-0.2, -0.15) is 0 Å². The van der Waals surface area contributed by atoms with Crippen molar-refractivity contribution in [3.63, 3.8) is 0 Å². The van der Waals surface area contributed by atoms with Crippen LogP contribution in [0.5, 0.6) is 11.5 Å². The molecule has 0 amide bonds. The fourth-order valence-electron chi connectivity index (χ4n) is 4.11. The maximum absolute atomic E-state index is 5.58. The number of aromatic nitrogens is 3. The molecule has 1 aliphatic rings. The van der Waals surface area contributed by atoms with Crippen LogP contribution in [-0.2, 0) is 11.3 Å². The highest BCUT2D eigenvalue weighted by Crippen LogP contribution is 2.32. The van der Waals surface area contributed by atoms with Crippen molar-refractivity contribution in [2.75, 3.05) is 45.8 Å². The molecule has 0 saturated carbocycles. The fourth-order valence-corrected chi connectivity index (χ4v) is 4.11. The molecular weight excluding hydrogens is 418 g/mol. The molecule has 1 fully saturated rings. The molecule has 4 aromatic rings. The topological polar surface area (TPSA) is 73.2 Å². The summed E-state index contributed by atoms with van der Waals surface area (Å²) in [6.07, 6.45) is 1.80. The third kappa shape index (κ3) is 4.48. The van der Waals surface area contributed by atoms with Crippen LogP contribution in [0.25, 0.3) is 16.8 Å². The first-order valence-electron chi connectivity index (χ1n) is 11.0. The zero-order chi connectivity index (χ0) is 22.6. The minimum absolute atomic E-state index is 0.483. The minimum Gasteiger partial charge on any atom is -0.496 e. The molecule has 0 atom stereocenters. The van der Waals surface area contributed by atoms with E-state index in [1.807, 2.05) is 47.0 Å². The second-order valence-corrected chi connectivity index (χ2v) is 7.89. The van der Waals surface area contributed by atoms with Crippen LogP contribution in [0.15, 0.2) is 60.8 Å². The number of para-hydroxylation sites is 1. The summed E-state index contributed by atoms with van der Waals surface area (Å²) >= 11 is 0. The summed E-state index contributed by atoms with van der Waals surface area (Å²) in [6.45, 7) is 4.29. The monoisotopic (exact) mass is 445 g/mol. The van der Waals surface area contributed by atoms with Gasteiger partial charge in [-0.05, 0) is 42.0 Å². The van der Waals surface area contributed by atoms with E-state index in [0.29, 0.717) is 5.95 Å². The Morgan fingerprint density at radius 2 is 1.79 bits per heavy atom. The Morgan fingerprint density at radius 3 is 2.61 bits per heavy atom. The van der Waals surface area contributed by atoms with Gasteiger partial charge >= 0.3 is 0 Å². The molecule has 8 nitrogen and oxygen atoms in total. The number of rotatable bonds is 7. The normalized spacial score (nSPS) is 14.4. The zero-order valence-electron chi connectivity index (χ0n) is 18.8. The van der Waals surface area contributed by atoms with E-state index >= 15 is 0 Å². The number of hydrogen-bond acceptors (Lipinski definition) is 7. The number of anilines is 2. The standard InChI is InChI=1S/C25H27N5O3/c1-31-23-6-4-3-5-20(23)22-9-8-19-16-26-25(28-30(19)22)27-21-15-18(7-10-24(21)32-2)17-29-11-13-33-14-12-29/h3-10,15-16H,11-14,17H2,1-2H3,(H,27,28). The maximum Gasteiger partial charge on any atom is 0.245 e. The summed E-state index contributed by atoms with van der Waals surface area (Å²) in [7, 11) is 3.34. The van der Waals surface area contributed by atoms with Crippen LogP contribution in [0, 0.1) is 0 Å². The number of fused-ring (bicyclic) bond motifs is 1. The average molecular weight is 446 g/mol. The van der Waals surface area contributed by atoms with Crippen LogP contribution in [0.3, 0.4) is 0 Å². The van der Waals surface area contributed by atoms with E-state index in [1.165, 1.54) is 5.56 Å². The molecule has 0 unspecified atom stereocenters. The molecule has 170 valence electrons. The van der Waals surface area contributed by atoms with Gasteiger partial charge in [0.25, 0.3) is 0 Å². The van der Waals surface area contributed by atoms with Crippen LogP contribution >= 0.6 is 0 Å². The van der Waals surface area contributed by atoms with Gasteiger partial charge in [-0.1, -0.05) is 18.2 Å². The van der Waals surface area contributed by atoms with Crippen molar-refractivity contribution in [2.24, 2.45) is 0 Å². The van der Waals surface area contributed by atoms with Crippen molar-refractivity contribution in [3.8, 4) is 22.8 Å². The van der Waals surface area contributed by atoms with Crippen molar-refractivity contribution in [1.82, 2.24) is 19.5 Å². The summed E-state index contributed by atoms with van der Waals surface area (Å²) in [6, 6.07) is 18.1. The lowest BCUT2D eigenvalue weighted by Gasteiger charge is -2.26. The van der Waals surface area contributed by atoms with E-state index in [1.54, 1.807) is 20.4 Å². The van der Waals surface area contributed by atoms with Crippen molar-refractivity contribution in [3.05, 3.63) is 66.4 Å². The van der Waals surface area contributed by atoms with Crippen molar-refractivity contribution >= 4 is 17.2 Å². The predicted octanol–water partition coefficient (Wildman–Crippen LogP) is 3.99. The van der Waals surface area contributed by atoms with E-state index < -0.39 is 0 Å². The molecule has 1 N–H and O–H groups in total. The highest BCUT2D eigenvalue weighted by molar-refractivity contribution is 5.72. The molecule has 2 aromatic carbocycles. The van der Waals surface area contributed by atoms with Crippen LogP contribution in [0.1, 0.15) is 5.56 Å². The highest BCUT2D eigenvalue weighted by atomic mass is 16.5. The third-order valence-electron chi connectivity index (χ3n) is 5.80. The van der Waals surface area contributed by atoms with Gasteiger partial charge in [0.1, 0.15) is 11.5 Å². The van der Waals surface area contributed by atoms with Gasteiger partial charge in [0.15, 0.2) is 0 Å². The zero-order valence-corrected chi connectivity index (χ0v) is 18.8. The van der Waals surface area contributed by atoms with Gasteiger partial charge in [0.2, 0.25) is 5.95 Å². The largest absolute Gasteiger partial charge is 0.496 e. The Balaban J connectivity index is 1.45. The number of morpholine rings is 1. The number of nitrogens with zero attached hydrogens (tertiary/aromatic N) is 4. The molecule has 0 spiro atoms. The number of nitrogens with one attached hydrogen (secondary N) is 1. The first-order valence-corrected chi connectivity index (χ1v) is 11.0. The molecule has 1 aliphatic heterocycles. The van der Waals surface area contributed by atoms with E-state index in [-0.39, 0.29) is 0 Å². The molecule has 0 bridgehead atoms. The van der Waals surface area contributed by atoms with Crippen LogP contribution in [-0.4, -0.2) is 60.0 Å². The smallest absolute Gasteiger partial charge is 0.245 e. The number of ether oxygens (including phenoxy) is 3.